The van der Waals surface area contributed by atoms with Gasteiger partial charge in [-0.25, -0.2) is 0 Å². The molecular formula is C5H14Cl2Si2. The van der Waals surface area contributed by atoms with Gasteiger partial charge in [-0.05, 0) is 5.04 Å². The maximum Gasteiger partial charge on any atom is 0.148 e. The summed E-state index contributed by atoms with van der Waals surface area (Å²) in [5, 5.41) is 0.384. The smallest absolute Gasteiger partial charge is 0.148 e. The Labute approximate surface area is 70.6 Å². The Morgan fingerprint density at radius 2 is 2.00 bits per heavy atom. The Balaban J connectivity index is 3.80. The molecule has 0 aromatic carbocycles. The molecule has 0 aromatic rings. The fourth-order valence-electron chi connectivity index (χ4n) is 0.430. The maximum absolute atomic E-state index is 6.13. The molecule has 0 rings (SSSR count). The van der Waals surface area contributed by atoms with Crippen molar-refractivity contribution in [2.45, 2.75) is 32.2 Å². The topological polar surface area (TPSA) is 0 Å². The third-order valence-corrected chi connectivity index (χ3v) is 15.8. The number of rotatable bonds is 3. The summed E-state index contributed by atoms with van der Waals surface area (Å²) < 4.78 is 0. The van der Waals surface area contributed by atoms with E-state index in [2.05, 4.69) is 20.8 Å². The van der Waals surface area contributed by atoms with Crippen molar-refractivity contribution >= 4 is 38.1 Å². The summed E-state index contributed by atoms with van der Waals surface area (Å²) in [4.78, 5) is 0. The molecule has 4 heteroatoms. The van der Waals surface area contributed by atoms with Gasteiger partial charge in [-0.3, -0.25) is 0 Å². The Morgan fingerprint density at radius 1 is 1.56 bits per heavy atom. The lowest BCUT2D eigenvalue weighted by Crippen LogP contribution is -2.25. The van der Waals surface area contributed by atoms with Crippen LogP contribution in [-0.2, 0) is 0 Å². The Kier molecular flexibility index (Phi) is 4.46. The van der Waals surface area contributed by atoms with Crippen molar-refractivity contribution in [3.8, 4) is 0 Å². The lowest BCUT2D eigenvalue weighted by Gasteiger charge is -2.24. The minimum Gasteiger partial charge on any atom is -0.178 e. The van der Waals surface area contributed by atoms with Crippen molar-refractivity contribution in [1.29, 1.82) is 0 Å². The second-order valence-corrected chi connectivity index (χ2v) is 15.1. The van der Waals surface area contributed by atoms with Crippen LogP contribution in [0.4, 0.5) is 0 Å². The van der Waals surface area contributed by atoms with Crippen LogP contribution in [0, 0.1) is 0 Å². The minimum atomic E-state index is -1.01. The Bertz CT molecular complexity index is 85.0. The molecule has 1 unspecified atom stereocenters. The van der Waals surface area contributed by atoms with Gasteiger partial charge in [-0.15, -0.1) is 0 Å². The van der Waals surface area contributed by atoms with Crippen molar-refractivity contribution in [2.24, 2.45) is 0 Å². The van der Waals surface area contributed by atoms with E-state index in [9.17, 15) is 0 Å². The first kappa shape index (κ1) is 10.0. The van der Waals surface area contributed by atoms with E-state index in [1.807, 2.05) is 0 Å². The first-order valence-corrected chi connectivity index (χ1v) is 11.0. The zero-order valence-corrected chi connectivity index (χ0v) is 10.3. The highest BCUT2D eigenvalue weighted by atomic mass is 35.6. The van der Waals surface area contributed by atoms with Crippen LogP contribution in [0.25, 0.3) is 0 Å². The largest absolute Gasteiger partial charge is 0.178 e. The molecule has 0 aromatic heterocycles. The van der Waals surface area contributed by atoms with E-state index in [0.29, 0.717) is 5.04 Å². The molecule has 0 heterocycles. The summed E-state index contributed by atoms with van der Waals surface area (Å²) in [6.07, 6.45) is 1.17. The summed E-state index contributed by atoms with van der Waals surface area (Å²) in [6.45, 7) is 6.64. The zero-order chi connectivity index (χ0) is 7.49. The van der Waals surface area contributed by atoms with Crippen molar-refractivity contribution in [3.63, 3.8) is 0 Å². The van der Waals surface area contributed by atoms with Gasteiger partial charge in [-0.1, -0.05) is 27.2 Å². The zero-order valence-electron chi connectivity index (χ0n) is 6.25. The summed E-state index contributed by atoms with van der Waals surface area (Å²) in [6, 6.07) is 0. The van der Waals surface area contributed by atoms with Gasteiger partial charge >= 0.3 is 0 Å². The van der Waals surface area contributed by atoms with E-state index in [1.165, 1.54) is 6.42 Å². The standard InChI is InChI=1S/C5H14Cl2Si2/c1-4-5(2,3)9(7)8-6/h9H,4,8H2,1-3H3. The van der Waals surface area contributed by atoms with Crippen LogP contribution in [0.5, 0.6) is 0 Å². The van der Waals surface area contributed by atoms with E-state index in [1.54, 1.807) is 0 Å². The average molecular weight is 201 g/mol. The second-order valence-electron chi connectivity index (χ2n) is 2.96. The predicted octanol–water partition coefficient (Wildman–Crippen LogP) is 1.96. The molecule has 0 spiro atoms. The first-order chi connectivity index (χ1) is 4.04. The van der Waals surface area contributed by atoms with Gasteiger partial charge in [0.25, 0.3) is 0 Å². The summed E-state index contributed by atoms with van der Waals surface area (Å²) >= 11 is 11.9. The fraction of sp³-hybridized carbons (Fsp3) is 1.00. The monoisotopic (exact) mass is 200 g/mol. The Morgan fingerprint density at radius 3 is 2.11 bits per heavy atom. The normalized spacial score (nSPS) is 17.0. The maximum atomic E-state index is 6.13. The van der Waals surface area contributed by atoms with Gasteiger partial charge in [0.15, 0.2) is 0 Å². The second kappa shape index (κ2) is 4.01. The number of hydrogen-bond donors (Lipinski definition) is 0. The van der Waals surface area contributed by atoms with Crippen LogP contribution in [0.2, 0.25) is 5.04 Å². The van der Waals surface area contributed by atoms with E-state index >= 15 is 0 Å². The summed E-state index contributed by atoms with van der Waals surface area (Å²) in [5.41, 5.74) is 0. The van der Waals surface area contributed by atoms with Crippen molar-refractivity contribution in [2.75, 3.05) is 0 Å². The number of halogens is 2. The summed E-state index contributed by atoms with van der Waals surface area (Å²) in [5.74, 6) is 0. The van der Waals surface area contributed by atoms with E-state index in [0.717, 1.165) is 0 Å². The minimum absolute atomic E-state index is 0.384. The van der Waals surface area contributed by atoms with Gasteiger partial charge < -0.3 is 0 Å². The van der Waals surface area contributed by atoms with Gasteiger partial charge in [0.05, 0.1) is 0 Å². The van der Waals surface area contributed by atoms with Crippen molar-refractivity contribution in [1.82, 2.24) is 0 Å². The molecule has 0 fully saturated rings. The molecule has 0 bridgehead atoms. The van der Waals surface area contributed by atoms with Crippen LogP contribution in [-0.4, -0.2) is 16.0 Å². The molecule has 56 valence electrons. The molecule has 9 heavy (non-hydrogen) atoms. The lowest BCUT2D eigenvalue weighted by atomic mass is 10.1. The lowest BCUT2D eigenvalue weighted by molar-refractivity contribution is 0.647. The SMILES string of the molecule is CCC(C)(C)[SiH](Cl)[SiH2]Cl. The predicted molar refractivity (Wildman–Crippen MR) is 51.7 cm³/mol. The average Bonchev–Trinajstić information content (AvgIpc) is 1.86. The Hall–Kier alpha value is 1.01. The molecule has 0 aliphatic rings. The molecule has 0 aliphatic heterocycles. The van der Waals surface area contributed by atoms with Gasteiger partial charge in [0.1, 0.15) is 16.0 Å². The van der Waals surface area contributed by atoms with Crippen LogP contribution in [0.1, 0.15) is 27.2 Å². The van der Waals surface area contributed by atoms with Gasteiger partial charge in [0, 0.05) is 0 Å². The van der Waals surface area contributed by atoms with E-state index in [4.69, 9.17) is 22.2 Å². The third kappa shape index (κ3) is 3.07. The van der Waals surface area contributed by atoms with Crippen molar-refractivity contribution < 1.29 is 0 Å². The van der Waals surface area contributed by atoms with Gasteiger partial charge in [-0.2, -0.15) is 22.2 Å². The van der Waals surface area contributed by atoms with E-state index in [-0.39, 0.29) is 0 Å². The highest BCUT2D eigenvalue weighted by Gasteiger charge is 2.26. The molecule has 0 N–H and O–H groups in total. The van der Waals surface area contributed by atoms with E-state index < -0.39 is 16.0 Å². The molecule has 0 aliphatic carbocycles. The molecule has 0 saturated heterocycles. The molecule has 0 amide bonds. The third-order valence-electron chi connectivity index (χ3n) is 1.89. The van der Waals surface area contributed by atoms with Gasteiger partial charge in [0.2, 0.25) is 0 Å². The molecule has 0 radical (unpaired) electrons. The van der Waals surface area contributed by atoms with Crippen LogP contribution >= 0.6 is 22.2 Å². The van der Waals surface area contributed by atoms with Crippen LogP contribution < -0.4 is 0 Å². The molecule has 0 saturated carbocycles. The van der Waals surface area contributed by atoms with Crippen LogP contribution in [0.15, 0.2) is 0 Å². The van der Waals surface area contributed by atoms with Crippen LogP contribution in [0.3, 0.4) is 0 Å². The fourth-order valence-corrected chi connectivity index (χ4v) is 7.63. The molecule has 0 nitrogen and oxygen atoms in total. The highest BCUT2D eigenvalue weighted by molar-refractivity contribution is 7.49. The first-order valence-electron chi connectivity index (χ1n) is 3.24. The molecular weight excluding hydrogens is 187 g/mol. The highest BCUT2D eigenvalue weighted by Crippen LogP contribution is 2.33. The van der Waals surface area contributed by atoms with Crippen molar-refractivity contribution in [3.05, 3.63) is 0 Å². The quantitative estimate of drug-likeness (QED) is 0.483. The number of hydrogen-bond acceptors (Lipinski definition) is 0. The molecule has 1 atom stereocenters. The summed E-state index contributed by atoms with van der Waals surface area (Å²) in [7, 11) is -1.41.